The summed E-state index contributed by atoms with van der Waals surface area (Å²) in [6.07, 6.45) is 27.7. The number of unbranched alkanes of at least 4 members (excludes halogenated alkanes) is 18. The number of hydrogen-bond acceptors (Lipinski definition) is 10. The molecule has 10 heteroatoms. The van der Waals surface area contributed by atoms with Crippen LogP contribution in [0.1, 0.15) is 165 Å². The molecule has 0 spiro atoms. The van der Waals surface area contributed by atoms with Crippen LogP contribution < -0.4 is 18.9 Å². The lowest BCUT2D eigenvalue weighted by atomic mass is 9.88. The van der Waals surface area contributed by atoms with Gasteiger partial charge in [0.15, 0.2) is 27.2 Å². The molecule has 0 heterocycles. The molecule has 2 aliphatic rings. The molecule has 11 rings (SSSR count). The van der Waals surface area contributed by atoms with Crippen LogP contribution in [0.25, 0.3) is 87.6 Å². The fourth-order valence-corrected chi connectivity index (χ4v) is 13.6. The minimum atomic E-state index is 0.0809. The second kappa shape index (κ2) is 33.3. The number of rotatable bonds is 40. The molecular formula is C80H94O10. The monoisotopic (exact) mass is 1210 g/mol. The van der Waals surface area contributed by atoms with Gasteiger partial charge in [0.1, 0.15) is 36.6 Å². The van der Waals surface area contributed by atoms with E-state index in [1.54, 1.807) is 14.2 Å². The lowest BCUT2D eigenvalue weighted by molar-refractivity contribution is -0.145. The van der Waals surface area contributed by atoms with Crippen molar-refractivity contribution in [3.63, 3.8) is 0 Å². The molecule has 9 aromatic carbocycles. The molecule has 0 saturated heterocycles. The summed E-state index contributed by atoms with van der Waals surface area (Å²) in [7, 11) is 3.17. The van der Waals surface area contributed by atoms with Crippen LogP contribution in [-0.4, -0.2) is 68.2 Å². The SMILES string of the molecule is CCCCCCCCCCCCOc1ccc2c(c1)c1c(c3ccc(-c4ccc(OCOCOCOC)cc4)cc32)-c2cc3c(cc2C1)Cc1c-3c2ccc(-c3ccc(OCOCOCOC)cc3)cc2c2ccc(OCCCCCCCCCCCC)cc12. The van der Waals surface area contributed by atoms with Gasteiger partial charge in [-0.1, -0.05) is 196 Å². The molecule has 0 unspecified atom stereocenters. The van der Waals surface area contributed by atoms with Crippen LogP contribution in [0.15, 0.2) is 133 Å². The van der Waals surface area contributed by atoms with Crippen LogP contribution in [0.2, 0.25) is 0 Å². The average molecular weight is 1220 g/mol. The van der Waals surface area contributed by atoms with Gasteiger partial charge in [-0.25, -0.2) is 0 Å². The second-order valence-corrected chi connectivity index (χ2v) is 24.7. The maximum atomic E-state index is 6.65. The molecule has 0 N–H and O–H groups in total. The Morgan fingerprint density at radius 1 is 0.278 bits per heavy atom. The van der Waals surface area contributed by atoms with E-state index in [-0.39, 0.29) is 40.8 Å². The van der Waals surface area contributed by atoms with E-state index in [9.17, 15) is 0 Å². The third-order valence-electron chi connectivity index (χ3n) is 18.3. The molecule has 90 heavy (non-hydrogen) atoms. The van der Waals surface area contributed by atoms with Gasteiger partial charge in [0, 0.05) is 14.2 Å². The van der Waals surface area contributed by atoms with Gasteiger partial charge >= 0.3 is 0 Å². The molecule has 0 radical (unpaired) electrons. The van der Waals surface area contributed by atoms with E-state index in [1.165, 1.54) is 203 Å². The van der Waals surface area contributed by atoms with Crippen molar-refractivity contribution in [3.8, 4) is 67.5 Å². The highest BCUT2D eigenvalue weighted by Gasteiger charge is 2.31. The molecule has 0 fully saturated rings. The second-order valence-electron chi connectivity index (χ2n) is 24.7. The van der Waals surface area contributed by atoms with Crippen LogP contribution in [0.3, 0.4) is 0 Å². The summed E-state index contributed by atoms with van der Waals surface area (Å²) in [4.78, 5) is 0. The van der Waals surface area contributed by atoms with Crippen molar-refractivity contribution in [2.45, 2.75) is 155 Å². The van der Waals surface area contributed by atoms with Gasteiger partial charge in [0.25, 0.3) is 0 Å². The Morgan fingerprint density at radius 2 is 0.633 bits per heavy atom. The van der Waals surface area contributed by atoms with E-state index < -0.39 is 0 Å². The molecule has 0 atom stereocenters. The molecule has 0 aliphatic heterocycles. The largest absolute Gasteiger partial charge is 0.494 e. The smallest absolute Gasteiger partial charge is 0.191 e. The fourth-order valence-electron chi connectivity index (χ4n) is 13.6. The topological polar surface area (TPSA) is 92.3 Å². The third-order valence-corrected chi connectivity index (χ3v) is 18.3. The number of ether oxygens (including phenoxy) is 10. The van der Waals surface area contributed by atoms with E-state index in [2.05, 4.69) is 123 Å². The zero-order chi connectivity index (χ0) is 61.7. The van der Waals surface area contributed by atoms with Crippen molar-refractivity contribution in [2.75, 3.05) is 68.2 Å². The molecule has 0 amide bonds. The zero-order valence-electron chi connectivity index (χ0n) is 54.0. The van der Waals surface area contributed by atoms with Crippen molar-refractivity contribution < 1.29 is 47.4 Å². The van der Waals surface area contributed by atoms with Gasteiger partial charge in [-0.05, 0) is 202 Å². The molecule has 0 aromatic heterocycles. The highest BCUT2D eigenvalue weighted by Crippen LogP contribution is 2.53. The summed E-state index contributed by atoms with van der Waals surface area (Å²) in [6, 6.07) is 49.3. The van der Waals surface area contributed by atoms with Crippen LogP contribution in [-0.2, 0) is 41.3 Å². The van der Waals surface area contributed by atoms with Gasteiger partial charge in [-0.2, -0.15) is 0 Å². The first-order valence-corrected chi connectivity index (χ1v) is 33.8. The highest BCUT2D eigenvalue weighted by molar-refractivity contribution is 6.21. The lowest BCUT2D eigenvalue weighted by Gasteiger charge is -2.17. The molecule has 2 aliphatic carbocycles. The van der Waals surface area contributed by atoms with Crippen molar-refractivity contribution in [1.82, 2.24) is 0 Å². The summed E-state index contributed by atoms with van der Waals surface area (Å²) in [5, 5.41) is 10.0. The summed E-state index contributed by atoms with van der Waals surface area (Å²) < 4.78 is 56.4. The van der Waals surface area contributed by atoms with Crippen LogP contribution in [0.5, 0.6) is 23.0 Å². The minimum absolute atomic E-state index is 0.0809. The van der Waals surface area contributed by atoms with Crippen LogP contribution in [0, 0.1) is 0 Å². The number of fused-ring (bicyclic) bond motifs is 16. The summed E-state index contributed by atoms with van der Waals surface area (Å²) in [5.41, 5.74) is 15.3. The zero-order valence-corrected chi connectivity index (χ0v) is 54.0. The summed E-state index contributed by atoms with van der Waals surface area (Å²) in [5.74, 6) is 3.34. The molecule has 9 aromatic rings. The predicted molar refractivity (Wildman–Crippen MR) is 367 cm³/mol. The third kappa shape index (κ3) is 16.2. The number of methoxy groups -OCH3 is 2. The first-order chi connectivity index (χ1) is 44.5. The van der Waals surface area contributed by atoms with Crippen LogP contribution in [0.4, 0.5) is 0 Å². The number of benzene rings is 9. The number of hydrogen-bond donors (Lipinski definition) is 0. The first kappa shape index (κ1) is 64.5. The lowest BCUT2D eigenvalue weighted by Crippen LogP contribution is -2.07. The Labute approximate surface area is 534 Å². The first-order valence-electron chi connectivity index (χ1n) is 33.8. The highest BCUT2D eigenvalue weighted by atomic mass is 16.8. The molecule has 474 valence electrons. The van der Waals surface area contributed by atoms with Gasteiger partial charge < -0.3 is 47.4 Å². The van der Waals surface area contributed by atoms with Crippen molar-refractivity contribution in [2.24, 2.45) is 0 Å². The Balaban J connectivity index is 0.919. The minimum Gasteiger partial charge on any atom is -0.494 e. The van der Waals surface area contributed by atoms with E-state index in [4.69, 9.17) is 47.4 Å². The van der Waals surface area contributed by atoms with E-state index in [0.717, 1.165) is 84.1 Å². The molecule has 0 saturated carbocycles. The van der Waals surface area contributed by atoms with E-state index in [1.807, 2.05) is 24.3 Å². The van der Waals surface area contributed by atoms with Gasteiger partial charge in [0.2, 0.25) is 0 Å². The van der Waals surface area contributed by atoms with Crippen molar-refractivity contribution >= 4 is 43.1 Å². The standard InChI is InChI=1S/C80H94O10/c1-5-7-9-11-13-15-17-19-21-23-41-87-65-35-39-67-73-44-59(57-25-31-63(32-26-57)89-55-85-53-83-51-81-3)29-37-69(73)79-71-50-72-62(43-61(71)46-77(79)75(67)48-65)47-78-76-49-66(88-42-24-22-20-18-16-14-12-10-8-6-2)36-40-68(76)74-45-60(30-38-70(74)80(72)78)58-27-33-64(34-28-58)90-56-86-54-84-52-82-4/h25-40,43-45,48-50H,5-24,41-42,46-47,51-56H2,1-4H3. The fraction of sp³-hybridized carbons (Fsp3) is 0.425. The quantitative estimate of drug-likeness (QED) is 0.0210. The van der Waals surface area contributed by atoms with Gasteiger partial charge in [-0.3, -0.25) is 0 Å². The maximum absolute atomic E-state index is 6.65. The average Bonchev–Trinajstić information content (AvgIpc) is 1.51. The molecule has 0 bridgehead atoms. The summed E-state index contributed by atoms with van der Waals surface area (Å²) >= 11 is 0. The Morgan fingerprint density at radius 3 is 1.03 bits per heavy atom. The van der Waals surface area contributed by atoms with Crippen LogP contribution >= 0.6 is 0 Å². The Kier molecular flexibility index (Phi) is 23.9. The Bertz CT molecular complexity index is 3520. The van der Waals surface area contributed by atoms with Gasteiger partial charge in [0.05, 0.1) is 13.2 Å². The van der Waals surface area contributed by atoms with Gasteiger partial charge in [-0.15, -0.1) is 0 Å². The van der Waals surface area contributed by atoms with E-state index >= 15 is 0 Å². The normalized spacial score (nSPS) is 12.3. The molecule has 10 nitrogen and oxygen atoms in total. The Hall–Kier alpha value is -7.02. The van der Waals surface area contributed by atoms with Crippen molar-refractivity contribution in [1.29, 1.82) is 0 Å². The maximum Gasteiger partial charge on any atom is 0.191 e. The predicted octanol–water partition coefficient (Wildman–Crippen LogP) is 21.2. The molecular weight excluding hydrogens is 1120 g/mol. The van der Waals surface area contributed by atoms with E-state index in [0.29, 0.717) is 0 Å². The summed E-state index contributed by atoms with van der Waals surface area (Å²) in [6.45, 7) is 6.72. The van der Waals surface area contributed by atoms with Crippen molar-refractivity contribution in [3.05, 3.63) is 156 Å².